The van der Waals surface area contributed by atoms with Gasteiger partial charge in [-0.25, -0.2) is 0 Å². The van der Waals surface area contributed by atoms with Crippen LogP contribution >= 0.6 is 0 Å². The van der Waals surface area contributed by atoms with Crippen molar-refractivity contribution in [1.29, 1.82) is 0 Å². The molecule has 92 valence electrons. The maximum atomic E-state index is 12.2. The lowest BCUT2D eigenvalue weighted by Gasteiger charge is -2.24. The molecule has 2 nitrogen and oxygen atoms in total. The third-order valence-corrected chi connectivity index (χ3v) is 3.41. The van der Waals surface area contributed by atoms with Crippen LogP contribution in [-0.2, 0) is 4.74 Å². The molecule has 2 rings (SSSR count). The molecule has 1 aromatic carbocycles. The first kappa shape index (κ1) is 12.3. The molecule has 0 spiro atoms. The predicted molar refractivity (Wildman–Crippen MR) is 68.4 cm³/mol. The molecule has 0 radical (unpaired) electrons. The molecule has 0 saturated carbocycles. The molecule has 1 aromatic rings. The summed E-state index contributed by atoms with van der Waals surface area (Å²) in [6.45, 7) is 5.55. The highest BCUT2D eigenvalue weighted by atomic mass is 16.5. The molecule has 1 aliphatic rings. The van der Waals surface area contributed by atoms with Crippen LogP contribution in [0.5, 0.6) is 0 Å². The van der Waals surface area contributed by atoms with E-state index in [1.807, 2.05) is 32.0 Å². The van der Waals surface area contributed by atoms with Crippen molar-refractivity contribution in [3.63, 3.8) is 0 Å². The second-order valence-corrected chi connectivity index (χ2v) is 4.99. The Bertz CT molecular complexity index is 390. The molecule has 2 heteroatoms. The van der Waals surface area contributed by atoms with E-state index in [1.54, 1.807) is 0 Å². The molecular weight excluding hydrogens is 212 g/mol. The first-order chi connectivity index (χ1) is 8.20. The number of carbonyl (C=O) groups is 1. The first-order valence-electron chi connectivity index (χ1n) is 6.41. The van der Waals surface area contributed by atoms with Crippen LogP contribution in [0.15, 0.2) is 24.3 Å². The largest absolute Gasteiger partial charge is 0.381 e. The van der Waals surface area contributed by atoms with Crippen molar-refractivity contribution >= 4 is 5.78 Å². The number of rotatable bonds is 3. The van der Waals surface area contributed by atoms with Crippen LogP contribution < -0.4 is 0 Å². The summed E-state index contributed by atoms with van der Waals surface area (Å²) in [4.78, 5) is 12.2. The average molecular weight is 232 g/mol. The van der Waals surface area contributed by atoms with Gasteiger partial charge in [-0.3, -0.25) is 4.79 Å². The summed E-state index contributed by atoms with van der Waals surface area (Å²) in [5.41, 5.74) is 2.13. The lowest BCUT2D eigenvalue weighted by atomic mass is 9.85. The molecule has 0 amide bonds. The Hall–Kier alpha value is -1.15. The van der Waals surface area contributed by atoms with Gasteiger partial charge in [0.2, 0.25) is 0 Å². The monoisotopic (exact) mass is 232 g/mol. The zero-order valence-corrected chi connectivity index (χ0v) is 10.6. The Balaban J connectivity index is 2.29. The quantitative estimate of drug-likeness (QED) is 0.746. The smallest absolute Gasteiger partial charge is 0.165 e. The van der Waals surface area contributed by atoms with Gasteiger partial charge >= 0.3 is 0 Å². The Morgan fingerprint density at radius 2 is 1.88 bits per heavy atom. The van der Waals surface area contributed by atoms with Gasteiger partial charge in [-0.05, 0) is 24.3 Å². The van der Waals surface area contributed by atoms with Gasteiger partial charge in [0.05, 0.1) is 0 Å². The van der Waals surface area contributed by atoms with Crippen molar-refractivity contribution in [2.45, 2.75) is 32.6 Å². The van der Waals surface area contributed by atoms with Gasteiger partial charge < -0.3 is 4.74 Å². The lowest BCUT2D eigenvalue weighted by Crippen LogP contribution is -2.18. The fourth-order valence-corrected chi connectivity index (χ4v) is 2.40. The normalized spacial score (nSPS) is 17.4. The molecule has 0 bridgehead atoms. The number of hydrogen-bond donors (Lipinski definition) is 0. The van der Waals surface area contributed by atoms with Crippen LogP contribution in [0, 0.1) is 5.92 Å². The summed E-state index contributed by atoms with van der Waals surface area (Å²) in [7, 11) is 0. The third-order valence-electron chi connectivity index (χ3n) is 3.41. The number of hydrogen-bond acceptors (Lipinski definition) is 2. The number of benzene rings is 1. The Labute approximate surface area is 103 Å². The molecule has 0 unspecified atom stereocenters. The van der Waals surface area contributed by atoms with Crippen LogP contribution in [0.4, 0.5) is 0 Å². The van der Waals surface area contributed by atoms with Crippen LogP contribution in [0.2, 0.25) is 0 Å². The topological polar surface area (TPSA) is 26.3 Å². The molecule has 0 N–H and O–H groups in total. The molecular formula is C15H20O2. The van der Waals surface area contributed by atoms with Crippen molar-refractivity contribution in [2.75, 3.05) is 13.2 Å². The van der Waals surface area contributed by atoms with E-state index in [0.717, 1.165) is 31.6 Å². The van der Waals surface area contributed by atoms with Crippen LogP contribution in [-0.4, -0.2) is 19.0 Å². The van der Waals surface area contributed by atoms with Gasteiger partial charge in [0.25, 0.3) is 0 Å². The maximum Gasteiger partial charge on any atom is 0.165 e. The van der Waals surface area contributed by atoms with E-state index in [1.165, 1.54) is 5.56 Å². The van der Waals surface area contributed by atoms with E-state index in [-0.39, 0.29) is 11.7 Å². The van der Waals surface area contributed by atoms with Crippen molar-refractivity contribution < 1.29 is 9.53 Å². The van der Waals surface area contributed by atoms with Gasteiger partial charge in [0.1, 0.15) is 0 Å². The molecule has 0 atom stereocenters. The van der Waals surface area contributed by atoms with Crippen molar-refractivity contribution in [3.8, 4) is 0 Å². The van der Waals surface area contributed by atoms with Crippen molar-refractivity contribution in [3.05, 3.63) is 35.4 Å². The van der Waals surface area contributed by atoms with E-state index in [2.05, 4.69) is 6.07 Å². The third kappa shape index (κ3) is 2.75. The molecule has 17 heavy (non-hydrogen) atoms. The number of Topliss-reactive ketones (excluding diaryl/α,β-unsaturated/α-hetero) is 1. The van der Waals surface area contributed by atoms with E-state index >= 15 is 0 Å². The molecule has 0 aliphatic carbocycles. The van der Waals surface area contributed by atoms with Crippen LogP contribution in [0.1, 0.15) is 48.5 Å². The van der Waals surface area contributed by atoms with E-state index in [9.17, 15) is 4.79 Å². The zero-order valence-electron chi connectivity index (χ0n) is 10.6. The standard InChI is InChI=1S/C15H20O2/c1-11(2)15(16)14-6-4-3-5-13(14)12-7-9-17-10-8-12/h3-6,11-12H,7-10H2,1-2H3. The molecule has 1 saturated heterocycles. The summed E-state index contributed by atoms with van der Waals surface area (Å²) < 4.78 is 5.38. The highest BCUT2D eigenvalue weighted by molar-refractivity contribution is 5.98. The minimum atomic E-state index is 0.0657. The summed E-state index contributed by atoms with van der Waals surface area (Å²) in [5.74, 6) is 0.811. The summed E-state index contributed by atoms with van der Waals surface area (Å²) in [6, 6.07) is 8.05. The Morgan fingerprint density at radius 3 is 2.53 bits per heavy atom. The van der Waals surface area contributed by atoms with Crippen LogP contribution in [0.3, 0.4) is 0 Å². The second-order valence-electron chi connectivity index (χ2n) is 4.99. The molecule has 0 aromatic heterocycles. The lowest BCUT2D eigenvalue weighted by molar-refractivity contribution is 0.0839. The fraction of sp³-hybridized carbons (Fsp3) is 0.533. The van der Waals surface area contributed by atoms with Gasteiger partial charge in [-0.1, -0.05) is 38.1 Å². The predicted octanol–water partition coefficient (Wildman–Crippen LogP) is 3.42. The van der Waals surface area contributed by atoms with E-state index in [0.29, 0.717) is 5.92 Å². The SMILES string of the molecule is CC(C)C(=O)c1ccccc1C1CCOCC1. The summed E-state index contributed by atoms with van der Waals surface area (Å²) >= 11 is 0. The Morgan fingerprint density at radius 1 is 1.24 bits per heavy atom. The number of ketones is 1. The Kier molecular flexibility index (Phi) is 3.95. The van der Waals surface area contributed by atoms with Gasteiger partial charge in [-0.15, -0.1) is 0 Å². The number of carbonyl (C=O) groups excluding carboxylic acids is 1. The molecule has 1 fully saturated rings. The average Bonchev–Trinajstić information content (AvgIpc) is 2.39. The second kappa shape index (κ2) is 5.46. The van der Waals surface area contributed by atoms with Gasteiger partial charge in [0, 0.05) is 24.7 Å². The maximum absolute atomic E-state index is 12.2. The van der Waals surface area contributed by atoms with E-state index in [4.69, 9.17) is 4.74 Å². The van der Waals surface area contributed by atoms with Gasteiger partial charge in [-0.2, -0.15) is 0 Å². The summed E-state index contributed by atoms with van der Waals surface area (Å²) in [6.07, 6.45) is 2.06. The zero-order chi connectivity index (χ0) is 12.3. The summed E-state index contributed by atoms with van der Waals surface area (Å²) in [5, 5.41) is 0. The van der Waals surface area contributed by atoms with Crippen LogP contribution in [0.25, 0.3) is 0 Å². The highest BCUT2D eigenvalue weighted by Crippen LogP contribution is 2.30. The molecule has 1 aliphatic heterocycles. The minimum absolute atomic E-state index is 0.0657. The minimum Gasteiger partial charge on any atom is -0.381 e. The van der Waals surface area contributed by atoms with Crippen molar-refractivity contribution in [2.24, 2.45) is 5.92 Å². The van der Waals surface area contributed by atoms with Crippen molar-refractivity contribution in [1.82, 2.24) is 0 Å². The first-order valence-corrected chi connectivity index (χ1v) is 6.41. The fourth-order valence-electron chi connectivity index (χ4n) is 2.40. The van der Waals surface area contributed by atoms with Gasteiger partial charge in [0.15, 0.2) is 5.78 Å². The van der Waals surface area contributed by atoms with E-state index < -0.39 is 0 Å². The number of ether oxygens (including phenoxy) is 1. The highest BCUT2D eigenvalue weighted by Gasteiger charge is 2.22. The molecule has 1 heterocycles.